The maximum atomic E-state index is 13.2. The summed E-state index contributed by atoms with van der Waals surface area (Å²) in [7, 11) is 0. The predicted molar refractivity (Wildman–Crippen MR) is 86.7 cm³/mol. The van der Waals surface area contributed by atoms with E-state index in [1.54, 1.807) is 6.92 Å². The molecule has 128 valence electrons. The Hall–Kier alpha value is -3.49. The molecule has 0 unspecified atom stereocenters. The van der Waals surface area contributed by atoms with E-state index in [2.05, 4.69) is 20.8 Å². The monoisotopic (exact) mass is 344 g/mol. The molecule has 8 nitrogen and oxygen atoms in total. The Morgan fingerprint density at radius 3 is 2.80 bits per heavy atom. The molecule has 3 rings (SSSR count). The van der Waals surface area contributed by atoms with Gasteiger partial charge >= 0.3 is 0 Å². The molecule has 0 spiro atoms. The van der Waals surface area contributed by atoms with Gasteiger partial charge in [0.1, 0.15) is 17.1 Å². The first-order valence-corrected chi connectivity index (χ1v) is 7.26. The largest absolute Gasteiger partial charge is 0.360 e. The molecule has 0 atom stereocenters. The zero-order chi connectivity index (χ0) is 18.0. The third-order valence-corrected chi connectivity index (χ3v) is 3.36. The van der Waals surface area contributed by atoms with Gasteiger partial charge in [0.2, 0.25) is 5.91 Å². The fourth-order valence-corrected chi connectivity index (χ4v) is 2.21. The first kappa shape index (κ1) is 16.4. The average Bonchev–Trinajstić information content (AvgIpc) is 2.96. The molecule has 3 N–H and O–H groups in total. The molecule has 3 aromatic rings. The Kier molecular flexibility index (Phi) is 4.29. The molecule has 1 aromatic carbocycles. The number of carbonyl (C=O) groups is 2. The van der Waals surface area contributed by atoms with Crippen molar-refractivity contribution < 1.29 is 18.5 Å². The highest BCUT2D eigenvalue weighted by atomic mass is 19.1. The third-order valence-electron chi connectivity index (χ3n) is 3.36. The number of nitrogens with zero attached hydrogens (tertiary/aromatic N) is 1. The Labute approximate surface area is 140 Å². The first-order chi connectivity index (χ1) is 11.9. The molecule has 0 radical (unpaired) electrons. The van der Waals surface area contributed by atoms with E-state index in [1.807, 2.05) is 0 Å². The summed E-state index contributed by atoms with van der Waals surface area (Å²) < 4.78 is 18.0. The fourth-order valence-electron chi connectivity index (χ4n) is 2.21. The second-order valence-electron chi connectivity index (χ2n) is 5.30. The molecular formula is C16H13FN4O4. The summed E-state index contributed by atoms with van der Waals surface area (Å²) in [6.07, 6.45) is 0. The molecule has 0 aliphatic heterocycles. The summed E-state index contributed by atoms with van der Waals surface area (Å²) >= 11 is 0. The van der Waals surface area contributed by atoms with E-state index in [-0.39, 0.29) is 23.4 Å². The highest BCUT2D eigenvalue weighted by Crippen LogP contribution is 2.12. The van der Waals surface area contributed by atoms with Gasteiger partial charge in [0.05, 0.1) is 12.1 Å². The number of amides is 2. The van der Waals surface area contributed by atoms with Crippen LogP contribution in [0.25, 0.3) is 10.9 Å². The van der Waals surface area contributed by atoms with Crippen LogP contribution in [-0.2, 0) is 4.79 Å². The van der Waals surface area contributed by atoms with E-state index in [0.717, 1.165) is 6.07 Å². The van der Waals surface area contributed by atoms with Crippen LogP contribution in [0.5, 0.6) is 0 Å². The number of pyridine rings is 1. The van der Waals surface area contributed by atoms with Gasteiger partial charge in [0.25, 0.3) is 11.5 Å². The smallest absolute Gasteiger partial charge is 0.261 e. The van der Waals surface area contributed by atoms with Gasteiger partial charge in [-0.2, -0.15) is 0 Å². The predicted octanol–water partition coefficient (Wildman–Crippen LogP) is 1.33. The number of aromatic nitrogens is 2. The first-order valence-electron chi connectivity index (χ1n) is 7.26. The van der Waals surface area contributed by atoms with Crippen molar-refractivity contribution in [2.24, 2.45) is 0 Å². The van der Waals surface area contributed by atoms with E-state index in [9.17, 15) is 18.8 Å². The van der Waals surface area contributed by atoms with E-state index in [4.69, 9.17) is 4.52 Å². The minimum atomic E-state index is -0.723. The van der Waals surface area contributed by atoms with Crippen LogP contribution in [-0.4, -0.2) is 28.5 Å². The lowest BCUT2D eigenvalue weighted by Crippen LogP contribution is -2.35. The molecule has 2 amide bonds. The maximum absolute atomic E-state index is 13.2. The van der Waals surface area contributed by atoms with Gasteiger partial charge in [0, 0.05) is 6.07 Å². The molecule has 0 saturated heterocycles. The number of carbonyl (C=O) groups excluding carboxylic acids is 2. The number of fused-ring (bicyclic) bond motifs is 1. The SMILES string of the molecule is Cc1cc(NC(=O)CNC(=O)c2cc3ccc(F)cc3[nH]c2=O)no1. The number of hydrogen-bond donors (Lipinski definition) is 3. The van der Waals surface area contributed by atoms with Crippen molar-refractivity contribution in [2.45, 2.75) is 6.92 Å². The average molecular weight is 344 g/mol. The van der Waals surface area contributed by atoms with Crippen molar-refractivity contribution in [1.29, 1.82) is 0 Å². The minimum Gasteiger partial charge on any atom is -0.360 e. The lowest BCUT2D eigenvalue weighted by molar-refractivity contribution is -0.115. The van der Waals surface area contributed by atoms with Crippen LogP contribution in [0.4, 0.5) is 10.2 Å². The third kappa shape index (κ3) is 3.71. The Morgan fingerprint density at radius 2 is 2.08 bits per heavy atom. The van der Waals surface area contributed by atoms with Crippen LogP contribution in [0.2, 0.25) is 0 Å². The number of aryl methyl sites for hydroxylation is 1. The number of hydrogen-bond acceptors (Lipinski definition) is 5. The van der Waals surface area contributed by atoms with Crippen molar-refractivity contribution in [3.63, 3.8) is 0 Å². The van der Waals surface area contributed by atoms with E-state index < -0.39 is 23.2 Å². The van der Waals surface area contributed by atoms with Crippen molar-refractivity contribution in [1.82, 2.24) is 15.5 Å². The molecule has 2 aromatic heterocycles. The molecule has 25 heavy (non-hydrogen) atoms. The summed E-state index contributed by atoms with van der Waals surface area (Å²) in [5.74, 6) is -0.999. The number of H-pyrrole nitrogens is 1. The Balaban J connectivity index is 1.69. The number of anilines is 1. The number of aromatic amines is 1. The number of nitrogens with one attached hydrogen (secondary N) is 3. The standard InChI is InChI=1S/C16H13FN4O4/c1-8-4-13(21-25-8)20-14(22)7-18-15(23)11-5-9-2-3-10(17)6-12(9)19-16(11)24/h2-6H,7H2,1H3,(H,18,23)(H,19,24)(H,20,21,22). The zero-order valence-electron chi connectivity index (χ0n) is 13.1. The Bertz CT molecular complexity index is 1020. The van der Waals surface area contributed by atoms with Gasteiger partial charge in [-0.25, -0.2) is 4.39 Å². The lowest BCUT2D eigenvalue weighted by atomic mass is 10.1. The van der Waals surface area contributed by atoms with Gasteiger partial charge in [-0.3, -0.25) is 14.4 Å². The highest BCUT2D eigenvalue weighted by molar-refractivity contribution is 6.00. The van der Waals surface area contributed by atoms with Crippen molar-refractivity contribution in [3.05, 3.63) is 57.8 Å². The van der Waals surface area contributed by atoms with Crippen LogP contribution in [0.15, 0.2) is 39.6 Å². The van der Waals surface area contributed by atoms with Crippen molar-refractivity contribution in [2.75, 3.05) is 11.9 Å². The van der Waals surface area contributed by atoms with Crippen LogP contribution in [0.3, 0.4) is 0 Å². The quantitative estimate of drug-likeness (QED) is 0.660. The molecular weight excluding hydrogens is 331 g/mol. The molecule has 0 aliphatic rings. The van der Waals surface area contributed by atoms with Gasteiger partial charge in [-0.1, -0.05) is 5.16 Å². The number of benzene rings is 1. The molecule has 0 bridgehead atoms. The van der Waals surface area contributed by atoms with E-state index in [0.29, 0.717) is 11.1 Å². The summed E-state index contributed by atoms with van der Waals surface area (Å²) in [6.45, 7) is 1.31. The Morgan fingerprint density at radius 1 is 1.28 bits per heavy atom. The fraction of sp³-hybridized carbons (Fsp3) is 0.125. The number of rotatable bonds is 4. The van der Waals surface area contributed by atoms with Crippen LogP contribution < -0.4 is 16.2 Å². The van der Waals surface area contributed by atoms with Gasteiger partial charge in [-0.15, -0.1) is 0 Å². The topological polar surface area (TPSA) is 117 Å². The van der Waals surface area contributed by atoms with Crippen molar-refractivity contribution in [3.8, 4) is 0 Å². The van der Waals surface area contributed by atoms with E-state index >= 15 is 0 Å². The molecule has 9 heteroatoms. The summed E-state index contributed by atoms with van der Waals surface area (Å²) in [6, 6.07) is 6.67. The zero-order valence-corrected chi connectivity index (χ0v) is 13.1. The minimum absolute atomic E-state index is 0.177. The van der Waals surface area contributed by atoms with Gasteiger partial charge < -0.3 is 20.1 Å². The van der Waals surface area contributed by atoms with Crippen LogP contribution in [0, 0.1) is 12.7 Å². The molecule has 0 aliphatic carbocycles. The molecule has 0 saturated carbocycles. The van der Waals surface area contributed by atoms with Crippen molar-refractivity contribution >= 4 is 28.5 Å². The number of halogens is 1. The second kappa shape index (κ2) is 6.56. The summed E-state index contributed by atoms with van der Waals surface area (Å²) in [5.41, 5.74) is -0.576. The van der Waals surface area contributed by atoms with E-state index in [1.165, 1.54) is 24.3 Å². The van der Waals surface area contributed by atoms with Gasteiger partial charge in [0.15, 0.2) is 5.82 Å². The maximum Gasteiger partial charge on any atom is 0.261 e. The summed E-state index contributed by atoms with van der Waals surface area (Å²) in [4.78, 5) is 38.3. The van der Waals surface area contributed by atoms with Crippen LogP contribution >= 0.6 is 0 Å². The highest BCUT2D eigenvalue weighted by Gasteiger charge is 2.14. The molecule has 0 fully saturated rings. The van der Waals surface area contributed by atoms with Gasteiger partial charge in [-0.05, 0) is 36.6 Å². The second-order valence-corrected chi connectivity index (χ2v) is 5.30. The summed E-state index contributed by atoms with van der Waals surface area (Å²) in [5, 5.41) is 8.86. The van der Waals surface area contributed by atoms with Crippen LogP contribution in [0.1, 0.15) is 16.1 Å². The molecule has 2 heterocycles. The lowest BCUT2D eigenvalue weighted by Gasteiger charge is -2.06. The normalized spacial score (nSPS) is 10.6.